The third kappa shape index (κ3) is 3.68. The number of carbonyl (C=O) groups is 1. The molecular weight excluding hydrogens is 390 g/mol. The van der Waals surface area contributed by atoms with E-state index in [4.69, 9.17) is 14.2 Å². The molecule has 2 aliphatic rings. The molecule has 3 aromatic rings. The van der Waals surface area contributed by atoms with E-state index in [1.807, 2.05) is 67.6 Å². The van der Waals surface area contributed by atoms with Crippen molar-refractivity contribution in [2.45, 2.75) is 20.0 Å². The van der Waals surface area contributed by atoms with E-state index in [-0.39, 0.29) is 5.78 Å². The Balaban J connectivity index is 1.40. The zero-order valence-corrected chi connectivity index (χ0v) is 17.6. The molecule has 5 heteroatoms. The average molecular weight is 413 g/mol. The van der Waals surface area contributed by atoms with Gasteiger partial charge in [0.25, 0.3) is 0 Å². The molecule has 0 N–H and O–H groups in total. The Kier molecular flexibility index (Phi) is 4.96. The topological polar surface area (TPSA) is 48.0 Å². The molecule has 0 amide bonds. The fraction of sp³-hybridized carbons (Fsp3) is 0.192. The van der Waals surface area contributed by atoms with Gasteiger partial charge in [-0.2, -0.15) is 0 Å². The molecule has 31 heavy (non-hydrogen) atoms. The van der Waals surface area contributed by atoms with Gasteiger partial charge in [-0.15, -0.1) is 0 Å². The number of Topliss-reactive ketones (excluding diaryl/α,β-unsaturated/α-hetero) is 1. The Hall–Kier alpha value is -3.57. The van der Waals surface area contributed by atoms with Crippen LogP contribution in [0, 0.1) is 6.92 Å². The molecule has 2 heterocycles. The van der Waals surface area contributed by atoms with E-state index >= 15 is 0 Å². The van der Waals surface area contributed by atoms with E-state index in [1.165, 1.54) is 0 Å². The van der Waals surface area contributed by atoms with Crippen LogP contribution in [0.2, 0.25) is 0 Å². The van der Waals surface area contributed by atoms with Crippen LogP contribution in [-0.4, -0.2) is 24.5 Å². The van der Waals surface area contributed by atoms with Crippen molar-refractivity contribution in [1.82, 2.24) is 4.90 Å². The van der Waals surface area contributed by atoms with Crippen molar-refractivity contribution in [1.29, 1.82) is 0 Å². The molecule has 2 aliphatic heterocycles. The number of allylic oxidation sites excluding steroid dienone is 1. The molecule has 0 saturated heterocycles. The second-order valence-electron chi connectivity index (χ2n) is 7.82. The predicted molar refractivity (Wildman–Crippen MR) is 118 cm³/mol. The SMILES string of the molecule is COc1ccc(CN2COc3ccc4c(c3C2)O/C(=C\c2ccccc2C)C4=O)cc1. The fourth-order valence-corrected chi connectivity index (χ4v) is 3.98. The number of rotatable bonds is 4. The maximum Gasteiger partial charge on any atom is 0.231 e. The minimum Gasteiger partial charge on any atom is -0.497 e. The first-order chi connectivity index (χ1) is 15.1. The van der Waals surface area contributed by atoms with Crippen LogP contribution in [0.3, 0.4) is 0 Å². The first-order valence-corrected chi connectivity index (χ1v) is 10.3. The minimum atomic E-state index is -0.0895. The van der Waals surface area contributed by atoms with Gasteiger partial charge >= 0.3 is 0 Å². The van der Waals surface area contributed by atoms with E-state index in [2.05, 4.69) is 4.90 Å². The van der Waals surface area contributed by atoms with Crippen LogP contribution >= 0.6 is 0 Å². The molecule has 0 bridgehead atoms. The number of aryl methyl sites for hydroxylation is 1. The number of hydrogen-bond acceptors (Lipinski definition) is 5. The Morgan fingerprint density at radius 2 is 1.87 bits per heavy atom. The first-order valence-electron chi connectivity index (χ1n) is 10.3. The summed E-state index contributed by atoms with van der Waals surface area (Å²) in [6, 6.07) is 19.6. The maximum absolute atomic E-state index is 13.0. The highest BCUT2D eigenvalue weighted by molar-refractivity contribution is 6.15. The number of ketones is 1. The largest absolute Gasteiger partial charge is 0.497 e. The lowest BCUT2D eigenvalue weighted by molar-refractivity contribution is 0.0872. The maximum atomic E-state index is 13.0. The lowest BCUT2D eigenvalue weighted by Gasteiger charge is -2.29. The Bertz CT molecular complexity index is 1180. The lowest BCUT2D eigenvalue weighted by atomic mass is 10.0. The van der Waals surface area contributed by atoms with Crippen LogP contribution in [0.4, 0.5) is 0 Å². The quantitative estimate of drug-likeness (QED) is 0.565. The van der Waals surface area contributed by atoms with Crippen molar-refractivity contribution in [3.8, 4) is 17.2 Å². The summed E-state index contributed by atoms with van der Waals surface area (Å²) in [6.07, 6.45) is 1.82. The predicted octanol–water partition coefficient (Wildman–Crippen LogP) is 4.97. The first kappa shape index (κ1) is 19.4. The number of nitrogens with zero attached hydrogens (tertiary/aromatic N) is 1. The third-order valence-electron chi connectivity index (χ3n) is 5.72. The molecule has 0 saturated carbocycles. The summed E-state index contributed by atoms with van der Waals surface area (Å²) in [4.78, 5) is 15.2. The van der Waals surface area contributed by atoms with Gasteiger partial charge in [-0.05, 0) is 54.0 Å². The summed E-state index contributed by atoms with van der Waals surface area (Å²) in [7, 11) is 1.66. The summed E-state index contributed by atoms with van der Waals surface area (Å²) >= 11 is 0. The summed E-state index contributed by atoms with van der Waals surface area (Å²) < 4.78 is 17.3. The van der Waals surface area contributed by atoms with Gasteiger partial charge in [0.2, 0.25) is 5.78 Å². The van der Waals surface area contributed by atoms with Gasteiger partial charge in [0.05, 0.1) is 18.2 Å². The molecule has 0 aromatic heterocycles. The summed E-state index contributed by atoms with van der Waals surface area (Å²) in [5, 5.41) is 0. The smallest absolute Gasteiger partial charge is 0.231 e. The molecule has 3 aromatic carbocycles. The second kappa shape index (κ2) is 7.93. The molecule has 156 valence electrons. The zero-order chi connectivity index (χ0) is 21.4. The number of fused-ring (bicyclic) bond motifs is 3. The van der Waals surface area contributed by atoms with Crippen molar-refractivity contribution in [3.05, 3.63) is 94.2 Å². The highest BCUT2D eigenvalue weighted by Gasteiger charge is 2.33. The van der Waals surface area contributed by atoms with Gasteiger partial charge in [0, 0.05) is 13.1 Å². The van der Waals surface area contributed by atoms with Crippen LogP contribution in [0.1, 0.15) is 32.6 Å². The van der Waals surface area contributed by atoms with E-state index in [9.17, 15) is 4.79 Å². The van der Waals surface area contributed by atoms with E-state index in [0.29, 0.717) is 30.3 Å². The Labute approximate surface area is 181 Å². The van der Waals surface area contributed by atoms with Crippen molar-refractivity contribution >= 4 is 11.9 Å². The number of methoxy groups -OCH3 is 1. The monoisotopic (exact) mass is 413 g/mol. The van der Waals surface area contributed by atoms with E-state index in [0.717, 1.165) is 40.3 Å². The van der Waals surface area contributed by atoms with Gasteiger partial charge in [0.1, 0.15) is 24.0 Å². The van der Waals surface area contributed by atoms with Gasteiger partial charge in [0.15, 0.2) is 5.76 Å². The van der Waals surface area contributed by atoms with Crippen LogP contribution in [0.25, 0.3) is 6.08 Å². The lowest BCUT2D eigenvalue weighted by Crippen LogP contribution is -2.31. The molecule has 5 nitrogen and oxygen atoms in total. The number of benzene rings is 3. The summed E-state index contributed by atoms with van der Waals surface area (Å²) in [5.74, 6) is 2.48. The average Bonchev–Trinajstić information content (AvgIpc) is 3.12. The van der Waals surface area contributed by atoms with Crippen LogP contribution in [0.15, 0.2) is 66.4 Å². The second-order valence-corrected chi connectivity index (χ2v) is 7.82. The normalized spacial score (nSPS) is 16.5. The zero-order valence-electron chi connectivity index (χ0n) is 17.6. The van der Waals surface area contributed by atoms with Gasteiger partial charge in [-0.25, -0.2) is 0 Å². The molecule has 5 rings (SSSR count). The molecule has 0 fully saturated rings. The highest BCUT2D eigenvalue weighted by atomic mass is 16.5. The molecule has 0 unspecified atom stereocenters. The van der Waals surface area contributed by atoms with Crippen molar-refractivity contribution < 1.29 is 19.0 Å². The van der Waals surface area contributed by atoms with Crippen molar-refractivity contribution in [2.24, 2.45) is 0 Å². The van der Waals surface area contributed by atoms with Crippen molar-refractivity contribution in [2.75, 3.05) is 13.8 Å². The van der Waals surface area contributed by atoms with Gasteiger partial charge in [-0.3, -0.25) is 9.69 Å². The number of carbonyl (C=O) groups excluding carboxylic acids is 1. The molecular formula is C26H23NO4. The third-order valence-corrected chi connectivity index (χ3v) is 5.72. The van der Waals surface area contributed by atoms with Gasteiger partial charge < -0.3 is 14.2 Å². The minimum absolute atomic E-state index is 0.0895. The van der Waals surface area contributed by atoms with Crippen molar-refractivity contribution in [3.63, 3.8) is 0 Å². The number of ether oxygens (including phenoxy) is 3. The van der Waals surface area contributed by atoms with Crippen LogP contribution < -0.4 is 14.2 Å². The van der Waals surface area contributed by atoms with Gasteiger partial charge in [-0.1, -0.05) is 36.4 Å². The van der Waals surface area contributed by atoms with Crippen LogP contribution in [0.5, 0.6) is 17.2 Å². The molecule has 0 atom stereocenters. The van der Waals surface area contributed by atoms with E-state index < -0.39 is 0 Å². The fourth-order valence-electron chi connectivity index (χ4n) is 3.98. The standard InChI is InChI=1S/C26H23NO4/c1-17-5-3-4-6-19(17)13-24-25(28)21-11-12-23-22(26(21)31-24)15-27(16-30-23)14-18-7-9-20(29-2)10-8-18/h3-13H,14-16H2,1-2H3/b24-13-. The molecule has 0 spiro atoms. The summed E-state index contributed by atoms with van der Waals surface area (Å²) in [5.41, 5.74) is 4.74. The molecule has 0 radical (unpaired) electrons. The summed E-state index contributed by atoms with van der Waals surface area (Å²) in [6.45, 7) is 3.88. The molecule has 0 aliphatic carbocycles. The van der Waals surface area contributed by atoms with E-state index in [1.54, 1.807) is 13.2 Å². The number of hydrogen-bond donors (Lipinski definition) is 0. The highest BCUT2D eigenvalue weighted by Crippen LogP contribution is 2.42. The Morgan fingerprint density at radius 1 is 1.06 bits per heavy atom. The van der Waals surface area contributed by atoms with Crippen LogP contribution in [-0.2, 0) is 13.1 Å². The Morgan fingerprint density at radius 3 is 2.65 bits per heavy atom.